The van der Waals surface area contributed by atoms with Gasteiger partial charge in [0.15, 0.2) is 5.78 Å². The quantitative estimate of drug-likeness (QED) is 0.650. The molecule has 0 aromatic carbocycles. The van der Waals surface area contributed by atoms with E-state index in [9.17, 15) is 4.79 Å². The molecule has 1 aromatic rings. The van der Waals surface area contributed by atoms with Gasteiger partial charge in [0, 0.05) is 18.0 Å². The van der Waals surface area contributed by atoms with E-state index in [-0.39, 0.29) is 5.78 Å². The van der Waals surface area contributed by atoms with Gasteiger partial charge in [0.25, 0.3) is 0 Å². The van der Waals surface area contributed by atoms with Crippen LogP contribution in [0.15, 0.2) is 18.5 Å². The zero-order chi connectivity index (χ0) is 9.68. The van der Waals surface area contributed by atoms with E-state index >= 15 is 0 Å². The first-order valence-corrected chi connectivity index (χ1v) is 3.77. The molecule has 0 fully saturated rings. The van der Waals surface area contributed by atoms with Crippen molar-refractivity contribution in [1.82, 2.24) is 9.97 Å². The average molecular weight is 178 g/mol. The lowest BCUT2D eigenvalue weighted by Gasteiger charge is -1.95. The molecule has 0 amide bonds. The van der Waals surface area contributed by atoms with Gasteiger partial charge in [-0.25, -0.2) is 9.97 Å². The van der Waals surface area contributed by atoms with E-state index in [0.29, 0.717) is 6.01 Å². The molecule has 0 aliphatic heterocycles. The number of carbonyl (C=O) groups excluding carboxylic acids is 1. The van der Waals surface area contributed by atoms with Gasteiger partial charge in [-0.05, 0) is 19.1 Å². The number of allylic oxidation sites excluding steroid dienone is 1. The maximum atomic E-state index is 10.6. The zero-order valence-corrected chi connectivity index (χ0v) is 7.52. The molecule has 4 heteroatoms. The summed E-state index contributed by atoms with van der Waals surface area (Å²) in [6.07, 6.45) is 6.30. The minimum absolute atomic E-state index is 0.00387. The Morgan fingerprint density at radius 1 is 1.46 bits per heavy atom. The molecular weight excluding hydrogens is 168 g/mol. The third-order valence-electron chi connectivity index (χ3n) is 1.34. The second-order valence-corrected chi connectivity index (χ2v) is 2.45. The van der Waals surface area contributed by atoms with Crippen molar-refractivity contribution in [2.45, 2.75) is 6.92 Å². The van der Waals surface area contributed by atoms with Crippen LogP contribution in [0.25, 0.3) is 6.08 Å². The molecular formula is C9H10N2O2. The largest absolute Gasteiger partial charge is 0.467 e. The van der Waals surface area contributed by atoms with E-state index in [4.69, 9.17) is 4.74 Å². The highest BCUT2D eigenvalue weighted by Crippen LogP contribution is 2.03. The van der Waals surface area contributed by atoms with Crippen molar-refractivity contribution in [2.24, 2.45) is 0 Å². The number of nitrogens with zero attached hydrogens (tertiary/aromatic N) is 2. The van der Waals surface area contributed by atoms with E-state index in [1.807, 2.05) is 0 Å². The van der Waals surface area contributed by atoms with Gasteiger partial charge in [-0.2, -0.15) is 0 Å². The monoisotopic (exact) mass is 178 g/mol. The summed E-state index contributed by atoms with van der Waals surface area (Å²) in [5, 5.41) is 0. The fourth-order valence-electron chi connectivity index (χ4n) is 0.731. The topological polar surface area (TPSA) is 52.1 Å². The lowest BCUT2D eigenvalue weighted by Crippen LogP contribution is -1.91. The van der Waals surface area contributed by atoms with Crippen LogP contribution >= 0.6 is 0 Å². The Hall–Kier alpha value is -1.71. The number of aromatic nitrogens is 2. The van der Waals surface area contributed by atoms with Crippen molar-refractivity contribution in [2.75, 3.05) is 7.11 Å². The summed E-state index contributed by atoms with van der Waals surface area (Å²) in [5.41, 5.74) is 0.774. The van der Waals surface area contributed by atoms with E-state index in [0.717, 1.165) is 5.56 Å². The summed E-state index contributed by atoms with van der Waals surface area (Å²) in [7, 11) is 1.50. The van der Waals surface area contributed by atoms with Crippen molar-refractivity contribution in [3.63, 3.8) is 0 Å². The summed E-state index contributed by atoms with van der Waals surface area (Å²) >= 11 is 0. The Balaban J connectivity index is 2.75. The number of carbonyl (C=O) groups is 1. The maximum Gasteiger partial charge on any atom is 0.316 e. The fourth-order valence-corrected chi connectivity index (χ4v) is 0.731. The van der Waals surface area contributed by atoms with Crippen molar-refractivity contribution in [3.05, 3.63) is 24.0 Å². The molecule has 68 valence electrons. The minimum Gasteiger partial charge on any atom is -0.467 e. The number of methoxy groups -OCH3 is 1. The molecule has 1 heterocycles. The molecule has 1 rings (SSSR count). The molecule has 0 saturated heterocycles. The van der Waals surface area contributed by atoms with Crippen LogP contribution in [0, 0.1) is 0 Å². The van der Waals surface area contributed by atoms with Crippen LogP contribution in [0.5, 0.6) is 6.01 Å². The third-order valence-corrected chi connectivity index (χ3v) is 1.34. The smallest absolute Gasteiger partial charge is 0.316 e. The summed E-state index contributed by atoms with van der Waals surface area (Å²) in [4.78, 5) is 18.3. The fraction of sp³-hybridized carbons (Fsp3) is 0.222. The van der Waals surface area contributed by atoms with Crippen LogP contribution in [-0.4, -0.2) is 22.9 Å². The molecule has 0 atom stereocenters. The Morgan fingerprint density at radius 3 is 2.54 bits per heavy atom. The highest BCUT2D eigenvalue weighted by Gasteiger charge is 1.93. The summed E-state index contributed by atoms with van der Waals surface area (Å²) in [6, 6.07) is 0.319. The molecule has 0 saturated carbocycles. The predicted molar refractivity (Wildman–Crippen MR) is 48.3 cm³/mol. The van der Waals surface area contributed by atoms with E-state index in [1.54, 1.807) is 18.5 Å². The van der Waals surface area contributed by atoms with Crippen molar-refractivity contribution >= 4 is 11.9 Å². The van der Waals surface area contributed by atoms with Crippen LogP contribution in [0.4, 0.5) is 0 Å². The highest BCUT2D eigenvalue weighted by molar-refractivity contribution is 5.91. The molecule has 0 aliphatic rings. The van der Waals surface area contributed by atoms with Crippen LogP contribution in [-0.2, 0) is 4.79 Å². The first-order chi connectivity index (χ1) is 6.22. The molecule has 0 spiro atoms. The normalized spacial score (nSPS) is 10.3. The Labute approximate surface area is 76.3 Å². The number of hydrogen-bond acceptors (Lipinski definition) is 4. The Kier molecular flexibility index (Phi) is 3.14. The number of ketones is 1. The lowest BCUT2D eigenvalue weighted by atomic mass is 10.3. The third kappa shape index (κ3) is 3.02. The average Bonchev–Trinajstić information content (AvgIpc) is 2.15. The van der Waals surface area contributed by atoms with Crippen molar-refractivity contribution < 1.29 is 9.53 Å². The predicted octanol–water partition coefficient (Wildman–Crippen LogP) is 1.09. The van der Waals surface area contributed by atoms with Gasteiger partial charge in [-0.15, -0.1) is 0 Å². The molecule has 0 unspecified atom stereocenters. The minimum atomic E-state index is -0.00387. The van der Waals surface area contributed by atoms with Gasteiger partial charge in [-0.3, -0.25) is 4.79 Å². The molecule has 4 nitrogen and oxygen atoms in total. The molecule has 0 aliphatic carbocycles. The zero-order valence-electron chi connectivity index (χ0n) is 7.52. The molecule has 0 N–H and O–H groups in total. The standard InChI is InChI=1S/C9H10N2O2/c1-7(12)3-4-8-5-10-9(13-2)11-6-8/h3-6H,1-2H3. The molecule has 1 aromatic heterocycles. The molecule has 13 heavy (non-hydrogen) atoms. The van der Waals surface area contributed by atoms with Crippen LogP contribution in [0.3, 0.4) is 0 Å². The summed E-state index contributed by atoms with van der Waals surface area (Å²) in [6.45, 7) is 1.49. The molecule has 0 bridgehead atoms. The van der Waals surface area contributed by atoms with Gasteiger partial charge < -0.3 is 4.74 Å². The van der Waals surface area contributed by atoms with E-state index in [2.05, 4.69) is 9.97 Å². The summed E-state index contributed by atoms with van der Waals surface area (Å²) in [5.74, 6) is -0.00387. The van der Waals surface area contributed by atoms with Gasteiger partial charge in [0.05, 0.1) is 7.11 Å². The van der Waals surface area contributed by atoms with Crippen LogP contribution < -0.4 is 4.74 Å². The first-order valence-electron chi connectivity index (χ1n) is 3.77. The van der Waals surface area contributed by atoms with Gasteiger partial charge in [0.2, 0.25) is 0 Å². The van der Waals surface area contributed by atoms with Crippen LogP contribution in [0.2, 0.25) is 0 Å². The first kappa shape index (κ1) is 9.38. The highest BCUT2D eigenvalue weighted by atomic mass is 16.5. The summed E-state index contributed by atoms with van der Waals surface area (Å²) < 4.78 is 4.78. The van der Waals surface area contributed by atoms with Crippen LogP contribution in [0.1, 0.15) is 12.5 Å². The number of rotatable bonds is 3. The van der Waals surface area contributed by atoms with Gasteiger partial charge in [-0.1, -0.05) is 0 Å². The van der Waals surface area contributed by atoms with Crippen molar-refractivity contribution in [1.29, 1.82) is 0 Å². The Morgan fingerprint density at radius 2 is 2.08 bits per heavy atom. The Bertz CT molecular complexity index is 317. The molecule has 0 radical (unpaired) electrons. The van der Waals surface area contributed by atoms with E-state index < -0.39 is 0 Å². The number of ether oxygens (including phenoxy) is 1. The second kappa shape index (κ2) is 4.35. The van der Waals surface area contributed by atoms with E-state index in [1.165, 1.54) is 20.1 Å². The van der Waals surface area contributed by atoms with Crippen molar-refractivity contribution in [3.8, 4) is 6.01 Å². The SMILES string of the molecule is COc1ncc(C=CC(C)=O)cn1. The lowest BCUT2D eigenvalue weighted by molar-refractivity contribution is -0.112. The number of hydrogen-bond donors (Lipinski definition) is 0. The second-order valence-electron chi connectivity index (χ2n) is 2.45. The van der Waals surface area contributed by atoms with Gasteiger partial charge in [0.1, 0.15) is 0 Å². The van der Waals surface area contributed by atoms with Gasteiger partial charge >= 0.3 is 6.01 Å². The maximum absolute atomic E-state index is 10.6.